The first-order valence-electron chi connectivity index (χ1n) is 6.46. The van der Waals surface area contributed by atoms with Gasteiger partial charge in [0.15, 0.2) is 0 Å². The van der Waals surface area contributed by atoms with Gasteiger partial charge >= 0.3 is 0 Å². The zero-order valence-electron chi connectivity index (χ0n) is 12.5. The summed E-state index contributed by atoms with van der Waals surface area (Å²) < 4.78 is 46.0. The maximum Gasteiger partial charge on any atom is 0.273 e. The van der Waals surface area contributed by atoms with Crippen LogP contribution in [0.1, 0.15) is 5.56 Å². The van der Waals surface area contributed by atoms with E-state index in [9.17, 15) is 22.9 Å². The Hall–Kier alpha value is -2.39. The van der Waals surface area contributed by atoms with Gasteiger partial charge in [0.25, 0.3) is 15.7 Å². The Bertz CT molecular complexity index is 918. The summed E-state index contributed by atoms with van der Waals surface area (Å²) in [5, 5.41) is 11.2. The molecule has 0 fully saturated rings. The van der Waals surface area contributed by atoms with Crippen molar-refractivity contribution >= 4 is 33.0 Å². The van der Waals surface area contributed by atoms with Crippen LogP contribution in [0.3, 0.4) is 0 Å². The minimum Gasteiger partial charge on any atom is -0.495 e. The van der Waals surface area contributed by atoms with Crippen molar-refractivity contribution in [1.82, 2.24) is 0 Å². The fourth-order valence-electron chi connectivity index (χ4n) is 2.00. The third-order valence-electron chi connectivity index (χ3n) is 3.14. The van der Waals surface area contributed by atoms with Gasteiger partial charge in [0.1, 0.15) is 16.5 Å². The van der Waals surface area contributed by atoms with Crippen molar-refractivity contribution in [2.24, 2.45) is 0 Å². The van der Waals surface area contributed by atoms with Gasteiger partial charge in [-0.05, 0) is 31.2 Å². The Morgan fingerprint density at radius 2 is 1.96 bits per heavy atom. The number of benzene rings is 2. The molecule has 1 N–H and O–H groups in total. The highest BCUT2D eigenvalue weighted by Gasteiger charge is 2.25. The maximum atomic E-state index is 14.1. The van der Waals surface area contributed by atoms with Crippen LogP contribution in [0.25, 0.3) is 0 Å². The van der Waals surface area contributed by atoms with Crippen LogP contribution >= 0.6 is 11.6 Å². The summed E-state index contributed by atoms with van der Waals surface area (Å²) in [5.74, 6) is -0.948. The average molecular weight is 375 g/mol. The van der Waals surface area contributed by atoms with Gasteiger partial charge in [-0.2, -0.15) is 0 Å². The normalized spacial score (nSPS) is 11.2. The van der Waals surface area contributed by atoms with E-state index in [2.05, 4.69) is 4.72 Å². The number of methoxy groups -OCH3 is 1. The van der Waals surface area contributed by atoms with Crippen molar-refractivity contribution in [3.8, 4) is 5.75 Å². The lowest BCUT2D eigenvalue weighted by molar-refractivity contribution is -0.385. The third-order valence-corrected chi connectivity index (χ3v) is 4.76. The van der Waals surface area contributed by atoms with Gasteiger partial charge in [-0.25, -0.2) is 12.8 Å². The molecule has 0 saturated carbocycles. The average Bonchev–Trinajstić information content (AvgIpc) is 2.46. The molecule has 0 heterocycles. The molecule has 24 heavy (non-hydrogen) atoms. The summed E-state index contributed by atoms with van der Waals surface area (Å²) in [4.78, 5) is 9.32. The van der Waals surface area contributed by atoms with Gasteiger partial charge < -0.3 is 4.74 Å². The number of hydrogen-bond acceptors (Lipinski definition) is 5. The standard InChI is InChI=1S/C14H12ClFN2O5S/c1-8-5-10(16)14(7-12(8)18(19)20)24(21,22)17-11-6-9(15)3-4-13(11)23-2/h3-7,17H,1-2H3. The van der Waals surface area contributed by atoms with Crippen LogP contribution in [0.2, 0.25) is 5.02 Å². The van der Waals surface area contributed by atoms with Gasteiger partial charge in [-0.1, -0.05) is 11.6 Å². The molecule has 0 radical (unpaired) electrons. The van der Waals surface area contributed by atoms with E-state index in [0.29, 0.717) is 6.07 Å². The SMILES string of the molecule is COc1ccc(Cl)cc1NS(=O)(=O)c1cc([N+](=O)[O-])c(C)cc1F. The molecule has 128 valence electrons. The van der Waals surface area contributed by atoms with Crippen LogP contribution in [0, 0.1) is 22.9 Å². The quantitative estimate of drug-likeness (QED) is 0.637. The fourth-order valence-corrected chi connectivity index (χ4v) is 3.32. The van der Waals surface area contributed by atoms with Gasteiger partial charge in [0, 0.05) is 16.7 Å². The zero-order valence-corrected chi connectivity index (χ0v) is 14.1. The van der Waals surface area contributed by atoms with E-state index < -0.39 is 31.3 Å². The molecule has 2 aromatic rings. The Balaban J connectivity index is 2.54. The second-order valence-electron chi connectivity index (χ2n) is 4.78. The lowest BCUT2D eigenvalue weighted by Crippen LogP contribution is -2.16. The second-order valence-corrected chi connectivity index (χ2v) is 6.86. The molecule has 0 spiro atoms. The number of aryl methyl sites for hydroxylation is 1. The van der Waals surface area contributed by atoms with E-state index in [1.54, 1.807) is 0 Å². The Morgan fingerprint density at radius 3 is 2.54 bits per heavy atom. The molecule has 0 amide bonds. The minimum atomic E-state index is -4.43. The number of sulfonamides is 1. The first-order chi connectivity index (χ1) is 11.2. The topological polar surface area (TPSA) is 98.5 Å². The van der Waals surface area contributed by atoms with Crippen LogP contribution in [-0.4, -0.2) is 20.5 Å². The van der Waals surface area contributed by atoms with Crippen molar-refractivity contribution in [2.45, 2.75) is 11.8 Å². The smallest absolute Gasteiger partial charge is 0.273 e. The predicted octanol–water partition coefficient (Wildman–Crippen LogP) is 3.51. The summed E-state index contributed by atoms with van der Waals surface area (Å²) in [6, 6.07) is 5.65. The molecule has 7 nitrogen and oxygen atoms in total. The maximum absolute atomic E-state index is 14.1. The van der Waals surface area contributed by atoms with Gasteiger partial charge in [0.2, 0.25) is 0 Å². The number of halogens is 2. The van der Waals surface area contributed by atoms with Crippen molar-refractivity contribution < 1.29 is 22.5 Å². The van der Waals surface area contributed by atoms with E-state index in [1.807, 2.05) is 0 Å². The summed E-state index contributed by atoms with van der Waals surface area (Å²) >= 11 is 5.81. The molecule has 2 aromatic carbocycles. The van der Waals surface area contributed by atoms with Gasteiger partial charge in [-0.15, -0.1) is 0 Å². The number of nitro groups is 1. The Kier molecular flexibility index (Phi) is 4.95. The van der Waals surface area contributed by atoms with Crippen molar-refractivity contribution in [1.29, 1.82) is 0 Å². The third kappa shape index (κ3) is 3.57. The Labute approximate surface area is 142 Å². The van der Waals surface area contributed by atoms with Crippen LogP contribution in [-0.2, 0) is 10.0 Å². The molecule has 0 atom stereocenters. The molecule has 0 aliphatic rings. The molecule has 0 aliphatic carbocycles. The zero-order chi connectivity index (χ0) is 18.1. The van der Waals surface area contributed by atoms with Crippen molar-refractivity contribution in [2.75, 3.05) is 11.8 Å². The summed E-state index contributed by atoms with van der Waals surface area (Å²) in [5.41, 5.74) is -0.515. The number of nitro benzene ring substituents is 1. The highest BCUT2D eigenvalue weighted by Crippen LogP contribution is 2.32. The van der Waals surface area contributed by atoms with E-state index in [4.69, 9.17) is 16.3 Å². The number of nitrogens with one attached hydrogen (secondary N) is 1. The largest absolute Gasteiger partial charge is 0.495 e. The molecule has 2 rings (SSSR count). The Morgan fingerprint density at radius 1 is 1.29 bits per heavy atom. The van der Waals surface area contributed by atoms with Crippen LogP contribution in [0.15, 0.2) is 35.2 Å². The molecule has 0 saturated heterocycles. The molecule has 0 unspecified atom stereocenters. The van der Waals surface area contributed by atoms with Gasteiger partial charge in [0.05, 0.1) is 17.7 Å². The highest BCUT2D eigenvalue weighted by atomic mass is 35.5. The lowest BCUT2D eigenvalue weighted by atomic mass is 10.2. The van der Waals surface area contributed by atoms with E-state index >= 15 is 0 Å². The number of ether oxygens (including phenoxy) is 1. The van der Waals surface area contributed by atoms with Crippen LogP contribution < -0.4 is 9.46 Å². The summed E-state index contributed by atoms with van der Waals surface area (Å²) in [6.45, 7) is 1.31. The molecule has 0 aliphatic heterocycles. The number of rotatable bonds is 5. The van der Waals surface area contributed by atoms with E-state index in [-0.39, 0.29) is 22.0 Å². The van der Waals surface area contributed by atoms with Gasteiger partial charge in [-0.3, -0.25) is 14.8 Å². The molecular formula is C14H12ClFN2O5S. The van der Waals surface area contributed by atoms with E-state index in [0.717, 1.165) is 6.07 Å². The first-order valence-corrected chi connectivity index (χ1v) is 8.32. The fraction of sp³-hybridized carbons (Fsp3) is 0.143. The van der Waals surface area contributed by atoms with Crippen molar-refractivity contribution in [3.63, 3.8) is 0 Å². The number of hydrogen-bond donors (Lipinski definition) is 1. The highest BCUT2D eigenvalue weighted by molar-refractivity contribution is 7.92. The summed E-state index contributed by atoms with van der Waals surface area (Å²) in [6.07, 6.45) is 0. The predicted molar refractivity (Wildman–Crippen MR) is 86.6 cm³/mol. The number of anilines is 1. The monoisotopic (exact) mass is 374 g/mol. The first kappa shape index (κ1) is 18.0. The lowest BCUT2D eigenvalue weighted by Gasteiger charge is -2.13. The van der Waals surface area contributed by atoms with E-state index in [1.165, 1.54) is 32.2 Å². The van der Waals surface area contributed by atoms with Crippen molar-refractivity contribution in [3.05, 3.63) is 56.8 Å². The summed E-state index contributed by atoms with van der Waals surface area (Å²) in [7, 11) is -3.12. The molecule has 0 bridgehead atoms. The van der Waals surface area contributed by atoms with Crippen LogP contribution in [0.4, 0.5) is 15.8 Å². The molecular weight excluding hydrogens is 363 g/mol. The molecule has 0 aromatic heterocycles. The molecule has 10 heteroatoms. The second kappa shape index (κ2) is 6.62. The minimum absolute atomic E-state index is 0.0109. The van der Waals surface area contributed by atoms with Crippen LogP contribution in [0.5, 0.6) is 5.75 Å². The number of nitrogens with zero attached hydrogens (tertiary/aromatic N) is 1.